The summed E-state index contributed by atoms with van der Waals surface area (Å²) in [5.74, 6) is 0. The van der Waals surface area contributed by atoms with Crippen LogP contribution < -0.4 is 0 Å². The standard InChI is InChI=1S/C32H38N4/c1-9-23-19(7)30-20(8)29-18(6)17(5)27(34-29)15-21-13-14-22(33-21)16-28-24(10-2)25(11-3)32(35-28)26(12-4)31(23)36-30/h13-16,34-35H,9-12H2,1-8H3. The zero-order chi connectivity index (χ0) is 25.7. The van der Waals surface area contributed by atoms with E-state index in [2.05, 4.69) is 89.6 Å². The summed E-state index contributed by atoms with van der Waals surface area (Å²) in [5, 5.41) is 0. The maximum atomic E-state index is 5.38. The van der Waals surface area contributed by atoms with Gasteiger partial charge in [-0.1, -0.05) is 27.7 Å². The van der Waals surface area contributed by atoms with E-state index in [9.17, 15) is 0 Å². The van der Waals surface area contributed by atoms with Crippen LogP contribution in [-0.4, -0.2) is 19.9 Å². The number of aromatic amines is 2. The van der Waals surface area contributed by atoms with Crippen LogP contribution in [0.25, 0.3) is 45.4 Å². The molecular weight excluding hydrogens is 440 g/mol. The van der Waals surface area contributed by atoms with Crippen LogP contribution in [0.1, 0.15) is 97.2 Å². The molecule has 36 heavy (non-hydrogen) atoms. The molecule has 0 saturated heterocycles. The largest absolute Gasteiger partial charge is 0.355 e. The first-order chi connectivity index (χ1) is 17.3. The van der Waals surface area contributed by atoms with Gasteiger partial charge in [-0.15, -0.1) is 0 Å². The van der Waals surface area contributed by atoms with Crippen LogP contribution in [0.5, 0.6) is 0 Å². The van der Waals surface area contributed by atoms with Crippen LogP contribution >= 0.6 is 0 Å². The number of aromatic nitrogens is 4. The number of rotatable bonds is 4. The van der Waals surface area contributed by atoms with Crippen LogP contribution in [0.15, 0.2) is 12.1 Å². The number of H-pyrrole nitrogens is 2. The van der Waals surface area contributed by atoms with Crippen molar-refractivity contribution in [3.8, 4) is 0 Å². The summed E-state index contributed by atoms with van der Waals surface area (Å²) < 4.78 is 0. The lowest BCUT2D eigenvalue weighted by molar-refractivity contribution is 1.05. The molecule has 5 rings (SSSR count). The molecule has 0 amide bonds. The third-order valence-corrected chi connectivity index (χ3v) is 8.17. The summed E-state index contributed by atoms with van der Waals surface area (Å²) in [5.41, 5.74) is 19.4. The number of hydrogen-bond donors (Lipinski definition) is 2. The molecule has 8 bridgehead atoms. The molecule has 0 radical (unpaired) electrons. The van der Waals surface area contributed by atoms with Gasteiger partial charge in [0.15, 0.2) is 0 Å². The SMILES string of the molecule is CCC1=C(C)c2nc1c(CC)c1[nH]c(cc3nc(cc4[nH]c(c2C)c(C)c4C)C=C3)c(CC)c1CC. The molecule has 4 nitrogen and oxygen atoms in total. The first kappa shape index (κ1) is 24.3. The van der Waals surface area contributed by atoms with Crippen molar-refractivity contribution in [3.05, 3.63) is 68.3 Å². The molecule has 3 aromatic rings. The van der Waals surface area contributed by atoms with Crippen molar-refractivity contribution < 1.29 is 0 Å². The van der Waals surface area contributed by atoms with Gasteiger partial charge in [0.1, 0.15) is 0 Å². The summed E-state index contributed by atoms with van der Waals surface area (Å²) in [6, 6.07) is 4.38. The molecule has 3 aromatic heterocycles. The fourth-order valence-corrected chi connectivity index (χ4v) is 6.07. The average molecular weight is 479 g/mol. The highest BCUT2D eigenvalue weighted by Crippen LogP contribution is 2.38. The first-order valence-electron chi connectivity index (χ1n) is 13.5. The third-order valence-electron chi connectivity index (χ3n) is 8.17. The van der Waals surface area contributed by atoms with Crippen LogP contribution in [-0.2, 0) is 19.3 Å². The Labute approximate surface area is 214 Å². The monoisotopic (exact) mass is 478 g/mol. The quantitative estimate of drug-likeness (QED) is 0.309. The molecule has 2 N–H and O–H groups in total. The highest BCUT2D eigenvalue weighted by Gasteiger charge is 2.23. The first-order valence-corrected chi connectivity index (χ1v) is 13.5. The van der Waals surface area contributed by atoms with Gasteiger partial charge < -0.3 is 9.97 Å². The lowest BCUT2D eigenvalue weighted by Crippen LogP contribution is -1.95. The highest BCUT2D eigenvalue weighted by atomic mass is 14.8. The van der Waals surface area contributed by atoms with Gasteiger partial charge in [0, 0.05) is 27.6 Å². The Morgan fingerprint density at radius 1 is 0.583 bits per heavy atom. The molecule has 2 aliphatic rings. The topological polar surface area (TPSA) is 57.4 Å². The molecule has 0 saturated carbocycles. The summed E-state index contributed by atoms with van der Waals surface area (Å²) in [4.78, 5) is 17.9. The molecular formula is C32H38N4. The Morgan fingerprint density at radius 2 is 1.19 bits per heavy atom. The molecule has 186 valence electrons. The fraction of sp³-hybridized carbons (Fsp3) is 0.375. The van der Waals surface area contributed by atoms with Crippen LogP contribution in [0.3, 0.4) is 0 Å². The Morgan fingerprint density at radius 3 is 1.81 bits per heavy atom. The second-order valence-electron chi connectivity index (χ2n) is 10.0. The van der Waals surface area contributed by atoms with E-state index in [4.69, 9.17) is 9.97 Å². The molecule has 0 fully saturated rings. The van der Waals surface area contributed by atoms with Gasteiger partial charge in [0.05, 0.1) is 22.8 Å². The van der Waals surface area contributed by atoms with Crippen molar-refractivity contribution in [1.29, 1.82) is 0 Å². The van der Waals surface area contributed by atoms with Crippen LogP contribution in [0.2, 0.25) is 0 Å². The minimum Gasteiger partial charge on any atom is -0.355 e. The van der Waals surface area contributed by atoms with Crippen LogP contribution in [0.4, 0.5) is 0 Å². The van der Waals surface area contributed by atoms with Gasteiger partial charge >= 0.3 is 0 Å². The van der Waals surface area contributed by atoms with Crippen molar-refractivity contribution in [2.75, 3.05) is 0 Å². The second kappa shape index (κ2) is 9.24. The van der Waals surface area contributed by atoms with Crippen LogP contribution in [0, 0.1) is 20.8 Å². The summed E-state index contributed by atoms with van der Waals surface area (Å²) in [6.07, 6.45) is 8.09. The number of hydrogen-bond acceptors (Lipinski definition) is 2. The van der Waals surface area contributed by atoms with Gasteiger partial charge in [-0.2, -0.15) is 0 Å². The van der Waals surface area contributed by atoms with Gasteiger partial charge in [-0.25, -0.2) is 9.97 Å². The maximum absolute atomic E-state index is 5.38. The number of fused-ring (bicyclic) bond motifs is 8. The predicted molar refractivity (Wildman–Crippen MR) is 155 cm³/mol. The third kappa shape index (κ3) is 3.66. The minimum absolute atomic E-state index is 0.927. The maximum Gasteiger partial charge on any atom is 0.0725 e. The number of aryl methyl sites for hydroxylation is 6. The summed E-state index contributed by atoms with van der Waals surface area (Å²) >= 11 is 0. The number of nitrogens with one attached hydrogen (secondary N) is 2. The molecule has 0 spiro atoms. The Balaban J connectivity index is 2.07. The normalized spacial score (nSPS) is 13.2. The van der Waals surface area contributed by atoms with Gasteiger partial charge in [0.2, 0.25) is 0 Å². The highest BCUT2D eigenvalue weighted by molar-refractivity contribution is 5.95. The smallest absolute Gasteiger partial charge is 0.0725 e. The van der Waals surface area contributed by atoms with E-state index in [1.807, 2.05) is 0 Å². The lowest BCUT2D eigenvalue weighted by Gasteiger charge is -2.07. The molecule has 5 heterocycles. The Hall–Kier alpha value is -3.40. The number of nitrogens with zero attached hydrogens (tertiary/aromatic N) is 2. The fourth-order valence-electron chi connectivity index (χ4n) is 6.07. The minimum atomic E-state index is 0.927. The molecule has 0 atom stereocenters. The summed E-state index contributed by atoms with van der Waals surface area (Å²) in [7, 11) is 0. The van der Waals surface area contributed by atoms with Crippen molar-refractivity contribution in [2.45, 2.75) is 81.1 Å². The van der Waals surface area contributed by atoms with E-state index in [0.717, 1.165) is 54.0 Å². The molecule has 0 unspecified atom stereocenters. The predicted octanol–water partition coefficient (Wildman–Crippen LogP) is 8.44. The average Bonchev–Trinajstić information content (AvgIpc) is 3.61. The van der Waals surface area contributed by atoms with E-state index in [0.29, 0.717) is 0 Å². The summed E-state index contributed by atoms with van der Waals surface area (Å²) in [6.45, 7) is 17.9. The van der Waals surface area contributed by atoms with Crippen molar-refractivity contribution in [3.63, 3.8) is 0 Å². The van der Waals surface area contributed by atoms with Gasteiger partial charge in [-0.05, 0) is 117 Å². The van der Waals surface area contributed by atoms with E-state index >= 15 is 0 Å². The molecule has 0 aromatic carbocycles. The Kier molecular flexibility index (Phi) is 6.23. The number of allylic oxidation sites excluding steroid dienone is 2. The van der Waals surface area contributed by atoms with Gasteiger partial charge in [-0.3, -0.25) is 0 Å². The van der Waals surface area contributed by atoms with Crippen molar-refractivity contribution in [1.82, 2.24) is 19.9 Å². The van der Waals surface area contributed by atoms with E-state index in [1.165, 1.54) is 61.1 Å². The Bertz CT molecular complexity index is 1610. The van der Waals surface area contributed by atoms with Crippen molar-refractivity contribution in [2.24, 2.45) is 0 Å². The second-order valence-corrected chi connectivity index (χ2v) is 10.0. The zero-order valence-electron chi connectivity index (χ0n) is 23.0. The van der Waals surface area contributed by atoms with Crippen molar-refractivity contribution >= 4 is 45.4 Å². The molecule has 2 aliphatic heterocycles. The van der Waals surface area contributed by atoms with Gasteiger partial charge in [0.25, 0.3) is 0 Å². The zero-order valence-corrected chi connectivity index (χ0v) is 23.0. The van der Waals surface area contributed by atoms with E-state index < -0.39 is 0 Å². The van der Waals surface area contributed by atoms with E-state index in [-0.39, 0.29) is 0 Å². The molecule has 0 aliphatic carbocycles. The lowest BCUT2D eigenvalue weighted by atomic mass is 9.96. The molecule has 4 heteroatoms. The van der Waals surface area contributed by atoms with E-state index in [1.54, 1.807) is 0 Å².